The summed E-state index contributed by atoms with van der Waals surface area (Å²) in [6.07, 6.45) is 17.7. The van der Waals surface area contributed by atoms with Crippen LogP contribution < -0.4 is 0 Å². The number of carbonyl (C=O) groups is 3. The van der Waals surface area contributed by atoms with Crippen LogP contribution in [-0.2, 0) is 87.5 Å². The van der Waals surface area contributed by atoms with Gasteiger partial charge in [-0.05, 0) is 164 Å². The first-order valence-corrected chi connectivity index (χ1v) is 39.0. The summed E-state index contributed by atoms with van der Waals surface area (Å²) < 4.78 is 0. The van der Waals surface area contributed by atoms with Crippen molar-refractivity contribution in [3.63, 3.8) is 0 Å². The van der Waals surface area contributed by atoms with E-state index in [4.69, 9.17) is 0 Å². The molecule has 0 aliphatic rings. The zero-order chi connectivity index (χ0) is 79.1. The Morgan fingerprint density at radius 3 is 1.08 bits per heavy atom. The number of rotatable bonds is 25. The molecule has 0 aliphatic carbocycles. The van der Waals surface area contributed by atoms with Crippen LogP contribution in [0.5, 0.6) is 0 Å². The van der Waals surface area contributed by atoms with Gasteiger partial charge in [-0.15, -0.1) is 105 Å². The molecule has 0 saturated heterocycles. The van der Waals surface area contributed by atoms with Crippen LogP contribution in [0.15, 0.2) is 163 Å². The number of carbonyl (C=O) groups excluding carboxylic acids is 3. The third-order valence-corrected chi connectivity index (χ3v) is 17.8. The van der Waals surface area contributed by atoms with Crippen LogP contribution in [0.4, 0.5) is 0 Å². The van der Waals surface area contributed by atoms with Gasteiger partial charge in [0.2, 0.25) is 0 Å². The van der Waals surface area contributed by atoms with Crippen molar-refractivity contribution >= 4 is 49.7 Å². The minimum atomic E-state index is 0. The second kappa shape index (κ2) is 50.9. The molecule has 0 unspecified atom stereocenters. The summed E-state index contributed by atoms with van der Waals surface area (Å²) in [5.41, 5.74) is 17.7. The van der Waals surface area contributed by atoms with Crippen molar-refractivity contribution in [2.75, 3.05) is 0 Å². The molecule has 109 heavy (non-hydrogen) atoms. The van der Waals surface area contributed by atoms with Crippen molar-refractivity contribution in [2.45, 2.75) is 236 Å². The first-order chi connectivity index (χ1) is 50.0. The maximum Gasteiger partial charge on any atom is 0.162 e. The van der Waals surface area contributed by atoms with Crippen molar-refractivity contribution in [3.05, 3.63) is 232 Å². The molecule has 0 bridgehead atoms. The predicted octanol–water partition coefficient (Wildman–Crippen LogP) is 26.5. The Hall–Kier alpha value is -6.87. The first-order valence-electron chi connectivity index (χ1n) is 39.0. The molecular weight excluding hydrogens is 1880 g/mol. The third kappa shape index (κ3) is 36.0. The van der Waals surface area contributed by atoms with Gasteiger partial charge in [0.15, 0.2) is 17.3 Å². The Labute approximate surface area is 698 Å². The monoisotopic (exact) mass is 2010 g/mol. The quantitative estimate of drug-likeness (QED) is 0.0289. The minimum Gasteiger partial charge on any atom is -0.512 e. The molecule has 3 radical (unpaired) electrons. The number of hydrogen-bond donors (Lipinski definition) is 3. The number of aliphatic hydroxyl groups is 3. The number of pyridine rings is 3. The molecule has 6 aromatic carbocycles. The number of allylic oxidation sites excluding steroid dienone is 6. The fourth-order valence-electron chi connectivity index (χ4n) is 12.9. The van der Waals surface area contributed by atoms with Crippen LogP contribution >= 0.6 is 0 Å². The summed E-state index contributed by atoms with van der Waals surface area (Å²) in [6, 6.07) is 49.7. The summed E-state index contributed by atoms with van der Waals surface area (Å²) in [6.45, 7) is 50.2. The summed E-state index contributed by atoms with van der Waals surface area (Å²) in [5.74, 6) is 4.38. The van der Waals surface area contributed by atoms with Gasteiger partial charge in [-0.1, -0.05) is 221 Å². The van der Waals surface area contributed by atoms with Gasteiger partial charge in [-0.25, -0.2) is 0 Å². The van der Waals surface area contributed by atoms with Crippen LogP contribution in [0, 0.1) is 107 Å². The van der Waals surface area contributed by atoms with Crippen molar-refractivity contribution in [1.82, 2.24) is 15.0 Å². The molecule has 9 rings (SSSR count). The number of fused-ring (bicyclic) bond motifs is 3. The van der Waals surface area contributed by atoms with E-state index in [2.05, 4.69) is 225 Å². The maximum atomic E-state index is 11.7. The average molecular weight is 2010 g/mol. The zero-order valence-corrected chi connectivity index (χ0v) is 77.2. The Balaban J connectivity index is 0.000000661. The normalized spacial score (nSPS) is 11.5. The molecule has 0 saturated carbocycles. The number of benzene rings is 6. The number of aliphatic hydroxyl groups excluding tert-OH is 3. The number of hydrogen-bond acceptors (Lipinski definition) is 9. The number of ketones is 3. The van der Waals surface area contributed by atoms with Gasteiger partial charge >= 0.3 is 0 Å². The molecule has 597 valence electrons. The second-order valence-corrected chi connectivity index (χ2v) is 31.8. The SMILES string of the molecule is CC(C)CC(=O)C=C(O)CC(C)C.CC(C)CC(=O)C=C(O)CC(C)C.CCC(CC)C(=O)C=C(O)C(CC)CC.Cc1[c-]c(-c2nccc3cc(C(C)C)ccc23)cc(C)c1.Cc1[c-]c(-c2nccc3cc(CC(C)C)ccc23)cc(C)c1.Cc1[c-]c(-c2nccc3ccc(CC(C)C)cc23)cc(C)c1.[Ir].[Ir].[Ir]. The number of nitrogens with zero attached hydrogens (tertiary/aromatic N) is 3. The first kappa shape index (κ1) is 100. The Bertz CT molecular complexity index is 4280. The third-order valence-electron chi connectivity index (χ3n) is 17.8. The van der Waals surface area contributed by atoms with E-state index in [1.807, 2.05) is 102 Å². The van der Waals surface area contributed by atoms with Crippen LogP contribution in [-0.4, -0.2) is 47.6 Å². The van der Waals surface area contributed by atoms with E-state index >= 15 is 0 Å². The summed E-state index contributed by atoms with van der Waals surface area (Å²) in [7, 11) is 0. The standard InChI is InChI=1S/2C21H22N.C20H20N.C13H24O2.2C11H20O2.3Ir/c1-14(2)9-17-5-6-20-18(13-17)7-8-22-21(20)19-11-15(3)10-16(4)12-19;1-14(2)9-17-5-6-18-7-8-22-21(20(18)13-17)19-11-15(3)10-16(4)12-19;1-13(2)16-5-6-19-17(12-16)7-8-21-20(19)18-10-14(3)9-15(4)11-18;1-5-10(6-2)12(14)9-13(15)11(7-3)8-4;2*1-8(2)5-10(12)7-11(13)6-9(3)4;;;/h2*5-8,10-11,13-14H,9H2,1-4H3;5-10,12-13H,1-4H3;9-11,14H,5-8H2,1-4H3;2*7-9,12H,5-6H2,1-4H3;;;/q3*-1;;;;;;. The minimum absolute atomic E-state index is 0. The summed E-state index contributed by atoms with van der Waals surface area (Å²) in [5, 5.41) is 35.8. The van der Waals surface area contributed by atoms with E-state index in [1.165, 1.54) is 83.9 Å². The van der Waals surface area contributed by atoms with Gasteiger partial charge in [0.1, 0.15) is 0 Å². The topological polar surface area (TPSA) is 151 Å². The van der Waals surface area contributed by atoms with E-state index in [0.29, 0.717) is 67.1 Å². The Morgan fingerprint density at radius 1 is 0.376 bits per heavy atom. The predicted molar refractivity (Wildman–Crippen MR) is 451 cm³/mol. The van der Waals surface area contributed by atoms with Gasteiger partial charge < -0.3 is 30.3 Å². The number of aryl methyl sites for hydroxylation is 6. The van der Waals surface area contributed by atoms with E-state index in [-0.39, 0.29) is 107 Å². The van der Waals surface area contributed by atoms with E-state index < -0.39 is 0 Å². The Kier molecular flexibility index (Phi) is 46.8. The molecule has 9 aromatic rings. The van der Waals surface area contributed by atoms with Gasteiger partial charge in [0.05, 0.1) is 17.3 Å². The van der Waals surface area contributed by atoms with Crippen molar-refractivity contribution < 1.29 is 90.0 Å². The molecule has 0 spiro atoms. The fraction of sp³-hybridized carbons (Fsp3) is 0.443. The second-order valence-electron chi connectivity index (χ2n) is 31.8. The van der Waals surface area contributed by atoms with Crippen LogP contribution in [0.25, 0.3) is 66.1 Å². The molecule has 3 N–H and O–H groups in total. The number of aromatic nitrogens is 3. The fourth-order valence-corrected chi connectivity index (χ4v) is 12.9. The van der Waals surface area contributed by atoms with Gasteiger partial charge in [-0.3, -0.25) is 14.4 Å². The maximum absolute atomic E-state index is 11.7. The average Bonchev–Trinajstić information content (AvgIpc) is 0.804. The van der Waals surface area contributed by atoms with Crippen molar-refractivity contribution in [1.29, 1.82) is 0 Å². The van der Waals surface area contributed by atoms with E-state index in [1.54, 1.807) is 0 Å². The Morgan fingerprint density at radius 2 is 0.725 bits per heavy atom. The molecule has 0 aliphatic heterocycles. The molecule has 3 heterocycles. The van der Waals surface area contributed by atoms with Crippen LogP contribution in [0.1, 0.15) is 232 Å². The van der Waals surface area contributed by atoms with Crippen molar-refractivity contribution in [3.8, 4) is 33.8 Å². The molecule has 12 heteroatoms. The summed E-state index contributed by atoms with van der Waals surface area (Å²) in [4.78, 5) is 48.0. The molecular formula is C97H128Ir3N3O6-3. The summed E-state index contributed by atoms with van der Waals surface area (Å²) >= 11 is 0. The van der Waals surface area contributed by atoms with Crippen molar-refractivity contribution in [2.24, 2.45) is 47.3 Å². The smallest absolute Gasteiger partial charge is 0.162 e. The van der Waals surface area contributed by atoms with E-state index in [0.717, 1.165) is 89.0 Å². The van der Waals surface area contributed by atoms with Gasteiger partial charge in [-0.2, -0.15) is 0 Å². The van der Waals surface area contributed by atoms with Crippen LogP contribution in [0.2, 0.25) is 0 Å². The zero-order valence-electron chi connectivity index (χ0n) is 70.0. The van der Waals surface area contributed by atoms with Gasteiger partial charge in [0.25, 0.3) is 0 Å². The molecule has 3 aromatic heterocycles. The molecule has 0 atom stereocenters. The molecule has 0 fully saturated rings. The molecule has 0 amide bonds. The largest absolute Gasteiger partial charge is 0.512 e. The van der Waals surface area contributed by atoms with Gasteiger partial charge in [0, 0.05) is 135 Å². The molecule has 9 nitrogen and oxygen atoms in total. The van der Waals surface area contributed by atoms with E-state index in [9.17, 15) is 29.7 Å². The van der Waals surface area contributed by atoms with Crippen LogP contribution in [0.3, 0.4) is 0 Å².